The van der Waals surface area contributed by atoms with Crippen LogP contribution < -0.4 is 0 Å². The van der Waals surface area contributed by atoms with Crippen molar-refractivity contribution in [3.63, 3.8) is 0 Å². The van der Waals surface area contributed by atoms with Gasteiger partial charge >= 0.3 is 0 Å². The summed E-state index contributed by atoms with van der Waals surface area (Å²) in [5.41, 5.74) is 0.274. The SMILES string of the molecule is Br.CCCCCCCCC1CCCCC1(CCO)N(C)C. The maximum Gasteiger partial charge on any atom is 0.0448 e. The van der Waals surface area contributed by atoms with Gasteiger partial charge in [-0.25, -0.2) is 0 Å². The zero-order chi connectivity index (χ0) is 14.8. The lowest BCUT2D eigenvalue weighted by molar-refractivity contribution is 0.00949. The summed E-state index contributed by atoms with van der Waals surface area (Å²) >= 11 is 0. The molecule has 1 aliphatic rings. The van der Waals surface area contributed by atoms with Crippen molar-refractivity contribution in [2.24, 2.45) is 5.92 Å². The molecule has 1 aliphatic carbocycles. The predicted molar refractivity (Wildman–Crippen MR) is 98.4 cm³/mol. The van der Waals surface area contributed by atoms with Crippen molar-refractivity contribution in [2.45, 2.75) is 89.5 Å². The van der Waals surface area contributed by atoms with Gasteiger partial charge < -0.3 is 10.0 Å². The Labute approximate surface area is 143 Å². The predicted octanol–water partition coefficient (Wildman–Crippen LogP) is 5.19. The third-order valence-electron chi connectivity index (χ3n) is 5.51. The van der Waals surface area contributed by atoms with Crippen LogP contribution in [0.25, 0.3) is 0 Å². The molecule has 3 heteroatoms. The molecule has 0 aromatic carbocycles. The monoisotopic (exact) mass is 363 g/mol. The van der Waals surface area contributed by atoms with Crippen molar-refractivity contribution < 1.29 is 5.11 Å². The van der Waals surface area contributed by atoms with E-state index in [4.69, 9.17) is 0 Å². The molecule has 1 rings (SSSR count). The fourth-order valence-electron chi connectivity index (χ4n) is 4.21. The zero-order valence-corrected chi connectivity index (χ0v) is 16.3. The van der Waals surface area contributed by atoms with E-state index in [1.54, 1.807) is 0 Å². The number of aliphatic hydroxyl groups is 1. The van der Waals surface area contributed by atoms with Crippen molar-refractivity contribution in [3.05, 3.63) is 0 Å². The quantitative estimate of drug-likeness (QED) is 0.540. The normalized spacial score (nSPS) is 25.9. The van der Waals surface area contributed by atoms with Gasteiger partial charge in [-0.3, -0.25) is 0 Å². The molecule has 0 aromatic heterocycles. The van der Waals surface area contributed by atoms with E-state index in [-0.39, 0.29) is 22.5 Å². The molecule has 1 saturated carbocycles. The summed E-state index contributed by atoms with van der Waals surface area (Å²) in [5.74, 6) is 0.796. The average molecular weight is 364 g/mol. The Morgan fingerprint density at radius 3 is 2.33 bits per heavy atom. The van der Waals surface area contributed by atoms with Crippen LogP contribution in [0, 0.1) is 5.92 Å². The number of rotatable bonds is 10. The zero-order valence-electron chi connectivity index (χ0n) is 14.6. The number of aliphatic hydroxyl groups excluding tert-OH is 1. The van der Waals surface area contributed by atoms with Crippen molar-refractivity contribution in [1.82, 2.24) is 4.90 Å². The third kappa shape index (κ3) is 6.58. The number of unbranched alkanes of at least 4 members (excludes halogenated alkanes) is 5. The van der Waals surface area contributed by atoms with Crippen LogP contribution in [0.3, 0.4) is 0 Å². The number of nitrogens with zero attached hydrogens (tertiary/aromatic N) is 1. The van der Waals surface area contributed by atoms with Crippen molar-refractivity contribution >= 4 is 17.0 Å². The van der Waals surface area contributed by atoms with Crippen LogP contribution in [0.15, 0.2) is 0 Å². The van der Waals surface area contributed by atoms with Gasteiger partial charge in [0.05, 0.1) is 0 Å². The van der Waals surface area contributed by atoms with E-state index in [0.717, 1.165) is 12.3 Å². The van der Waals surface area contributed by atoms with E-state index in [9.17, 15) is 5.11 Å². The second-order valence-corrected chi connectivity index (χ2v) is 6.97. The Hall–Kier alpha value is 0.400. The van der Waals surface area contributed by atoms with E-state index in [2.05, 4.69) is 25.9 Å². The Morgan fingerprint density at radius 2 is 1.71 bits per heavy atom. The largest absolute Gasteiger partial charge is 0.396 e. The van der Waals surface area contributed by atoms with Gasteiger partial charge in [0.1, 0.15) is 0 Å². The summed E-state index contributed by atoms with van der Waals surface area (Å²) in [6.45, 7) is 2.62. The minimum absolute atomic E-state index is 0. The van der Waals surface area contributed by atoms with E-state index in [0.29, 0.717) is 6.61 Å². The lowest BCUT2D eigenvalue weighted by atomic mass is 9.68. The van der Waals surface area contributed by atoms with Gasteiger partial charge in [-0.1, -0.05) is 58.3 Å². The summed E-state index contributed by atoms with van der Waals surface area (Å²) in [4.78, 5) is 2.42. The first kappa shape index (κ1) is 21.4. The molecule has 1 N–H and O–H groups in total. The standard InChI is InChI=1S/C18H37NO.BrH/c1-4-5-6-7-8-9-12-17-13-10-11-14-18(17,15-16-20)19(2)3;/h17,20H,4-16H2,1-3H3;1H. The Kier molecular flexibility index (Phi) is 12.1. The molecule has 2 atom stereocenters. The second kappa shape index (κ2) is 11.9. The molecule has 128 valence electrons. The maximum atomic E-state index is 9.49. The van der Waals surface area contributed by atoms with Gasteiger partial charge in [0, 0.05) is 12.1 Å². The van der Waals surface area contributed by atoms with E-state index in [1.165, 1.54) is 70.6 Å². The smallest absolute Gasteiger partial charge is 0.0448 e. The van der Waals surface area contributed by atoms with E-state index >= 15 is 0 Å². The molecule has 2 unspecified atom stereocenters. The molecule has 1 fully saturated rings. The third-order valence-corrected chi connectivity index (χ3v) is 5.51. The first-order chi connectivity index (χ1) is 9.67. The highest BCUT2D eigenvalue weighted by molar-refractivity contribution is 8.93. The molecular weight excluding hydrogens is 326 g/mol. The van der Waals surface area contributed by atoms with Crippen molar-refractivity contribution in [3.8, 4) is 0 Å². The van der Waals surface area contributed by atoms with Gasteiger partial charge in [-0.05, 0) is 45.7 Å². The Morgan fingerprint density at radius 1 is 1.05 bits per heavy atom. The minimum Gasteiger partial charge on any atom is -0.396 e. The van der Waals surface area contributed by atoms with Gasteiger partial charge in [-0.15, -0.1) is 17.0 Å². The van der Waals surface area contributed by atoms with E-state index < -0.39 is 0 Å². The summed E-state index contributed by atoms with van der Waals surface area (Å²) in [6.07, 6.45) is 16.0. The first-order valence-corrected chi connectivity index (χ1v) is 8.95. The van der Waals surface area contributed by atoms with Gasteiger partial charge in [0.15, 0.2) is 0 Å². The molecule has 0 radical (unpaired) electrons. The highest BCUT2D eigenvalue weighted by Crippen LogP contribution is 2.42. The lowest BCUT2D eigenvalue weighted by Crippen LogP contribution is -2.52. The Balaban J connectivity index is 0.00000400. The summed E-state index contributed by atoms with van der Waals surface area (Å²) in [5, 5.41) is 9.49. The molecule has 2 nitrogen and oxygen atoms in total. The maximum absolute atomic E-state index is 9.49. The van der Waals surface area contributed by atoms with Crippen LogP contribution in [0.1, 0.15) is 84.0 Å². The molecular formula is C18H38BrNO. The van der Waals surface area contributed by atoms with Crippen LogP contribution in [0.4, 0.5) is 0 Å². The van der Waals surface area contributed by atoms with Crippen LogP contribution >= 0.6 is 17.0 Å². The average Bonchev–Trinajstić information content (AvgIpc) is 2.44. The molecule has 0 aliphatic heterocycles. The van der Waals surface area contributed by atoms with Crippen LogP contribution in [-0.4, -0.2) is 36.2 Å². The summed E-state index contributed by atoms with van der Waals surface area (Å²) in [6, 6.07) is 0. The number of hydrogen-bond acceptors (Lipinski definition) is 2. The molecule has 21 heavy (non-hydrogen) atoms. The molecule has 0 bridgehead atoms. The summed E-state index contributed by atoms with van der Waals surface area (Å²) in [7, 11) is 4.43. The highest BCUT2D eigenvalue weighted by Gasteiger charge is 2.41. The number of hydrogen-bond donors (Lipinski definition) is 1. The summed E-state index contributed by atoms with van der Waals surface area (Å²) < 4.78 is 0. The molecule has 0 spiro atoms. The minimum atomic E-state index is 0. The van der Waals surface area contributed by atoms with Gasteiger partial charge in [0.25, 0.3) is 0 Å². The lowest BCUT2D eigenvalue weighted by Gasteiger charge is -2.49. The van der Waals surface area contributed by atoms with Crippen LogP contribution in [-0.2, 0) is 0 Å². The highest BCUT2D eigenvalue weighted by atomic mass is 79.9. The fraction of sp³-hybridized carbons (Fsp3) is 1.00. The van der Waals surface area contributed by atoms with Gasteiger partial charge in [-0.2, -0.15) is 0 Å². The molecule has 0 aromatic rings. The van der Waals surface area contributed by atoms with Gasteiger partial charge in [0.2, 0.25) is 0 Å². The number of halogens is 1. The first-order valence-electron chi connectivity index (χ1n) is 8.95. The molecule has 0 amide bonds. The van der Waals surface area contributed by atoms with E-state index in [1.807, 2.05) is 0 Å². The Bertz CT molecular complexity index is 243. The fourth-order valence-corrected chi connectivity index (χ4v) is 4.21. The van der Waals surface area contributed by atoms with Crippen LogP contribution in [0.5, 0.6) is 0 Å². The topological polar surface area (TPSA) is 23.5 Å². The molecule has 0 heterocycles. The molecule has 0 saturated heterocycles. The van der Waals surface area contributed by atoms with Crippen LogP contribution in [0.2, 0.25) is 0 Å². The van der Waals surface area contributed by atoms with Crippen molar-refractivity contribution in [1.29, 1.82) is 0 Å². The second-order valence-electron chi connectivity index (χ2n) is 6.97. The van der Waals surface area contributed by atoms with Crippen molar-refractivity contribution in [2.75, 3.05) is 20.7 Å².